The molecule has 126 valence electrons. The van der Waals surface area contributed by atoms with Gasteiger partial charge < -0.3 is 10.1 Å². The summed E-state index contributed by atoms with van der Waals surface area (Å²) in [6.45, 7) is 1.90. The van der Waals surface area contributed by atoms with Gasteiger partial charge in [-0.2, -0.15) is 0 Å². The van der Waals surface area contributed by atoms with Gasteiger partial charge in [-0.05, 0) is 24.6 Å². The van der Waals surface area contributed by atoms with Gasteiger partial charge in [-0.25, -0.2) is 13.9 Å². The number of Topliss-reactive ketones (excluding diaryl/α,β-unsaturated/α-hetero) is 1. The summed E-state index contributed by atoms with van der Waals surface area (Å²) in [6, 6.07) is 3.67. The Morgan fingerprint density at radius 1 is 1.33 bits per heavy atom. The van der Waals surface area contributed by atoms with E-state index in [2.05, 4.69) is 20.4 Å². The molecule has 0 bridgehead atoms. The van der Waals surface area contributed by atoms with Crippen molar-refractivity contribution in [2.75, 3.05) is 13.7 Å². The number of hydrogen-bond acceptors (Lipinski definition) is 6. The van der Waals surface area contributed by atoms with Crippen LogP contribution in [0.2, 0.25) is 0 Å². The summed E-state index contributed by atoms with van der Waals surface area (Å²) in [5, 5.41) is 9.71. The van der Waals surface area contributed by atoms with Crippen LogP contribution in [0.5, 0.6) is 0 Å². The average molecular weight is 334 g/mol. The van der Waals surface area contributed by atoms with E-state index < -0.39 is 23.5 Å². The van der Waals surface area contributed by atoms with Crippen molar-refractivity contribution in [2.24, 2.45) is 0 Å². The van der Waals surface area contributed by atoms with Crippen molar-refractivity contribution in [2.45, 2.75) is 13.5 Å². The molecule has 1 N–H and O–H groups in total. The SMILES string of the molecule is COC(=O)c1cn(CCNC(=O)C(=O)c2cc(F)ccc2C)nn1. The van der Waals surface area contributed by atoms with Gasteiger partial charge in [0.25, 0.3) is 11.7 Å². The van der Waals surface area contributed by atoms with Crippen molar-refractivity contribution in [3.8, 4) is 0 Å². The van der Waals surface area contributed by atoms with Crippen LogP contribution in [-0.4, -0.2) is 46.3 Å². The number of benzene rings is 1. The van der Waals surface area contributed by atoms with Gasteiger partial charge in [-0.15, -0.1) is 5.10 Å². The van der Waals surface area contributed by atoms with Gasteiger partial charge in [0.05, 0.1) is 19.9 Å². The van der Waals surface area contributed by atoms with Crippen LogP contribution < -0.4 is 5.32 Å². The lowest BCUT2D eigenvalue weighted by molar-refractivity contribution is -0.117. The number of methoxy groups -OCH3 is 1. The fourth-order valence-corrected chi connectivity index (χ4v) is 1.93. The van der Waals surface area contributed by atoms with Crippen LogP contribution in [0.1, 0.15) is 26.4 Å². The molecule has 2 rings (SSSR count). The van der Waals surface area contributed by atoms with E-state index in [9.17, 15) is 18.8 Å². The van der Waals surface area contributed by atoms with E-state index in [1.807, 2.05) is 0 Å². The van der Waals surface area contributed by atoms with E-state index in [0.29, 0.717) is 5.56 Å². The molecule has 0 saturated heterocycles. The number of nitrogens with zero attached hydrogens (tertiary/aromatic N) is 3. The van der Waals surface area contributed by atoms with Crippen molar-refractivity contribution in [3.63, 3.8) is 0 Å². The number of rotatable bonds is 6. The second-order valence-electron chi connectivity index (χ2n) is 4.90. The molecule has 2 aromatic rings. The first kappa shape index (κ1) is 17.3. The quantitative estimate of drug-likeness (QED) is 0.469. The Bertz CT molecular complexity index is 788. The largest absolute Gasteiger partial charge is 0.464 e. The first-order valence-electron chi connectivity index (χ1n) is 6.99. The molecule has 8 nitrogen and oxygen atoms in total. The fourth-order valence-electron chi connectivity index (χ4n) is 1.93. The highest BCUT2D eigenvalue weighted by Gasteiger charge is 2.18. The molecule has 0 fully saturated rings. The predicted molar refractivity (Wildman–Crippen MR) is 79.8 cm³/mol. The zero-order valence-corrected chi connectivity index (χ0v) is 13.1. The second-order valence-corrected chi connectivity index (χ2v) is 4.90. The van der Waals surface area contributed by atoms with Crippen molar-refractivity contribution in [1.29, 1.82) is 0 Å². The van der Waals surface area contributed by atoms with Crippen LogP contribution >= 0.6 is 0 Å². The maximum atomic E-state index is 13.2. The Balaban J connectivity index is 1.91. The van der Waals surface area contributed by atoms with Gasteiger partial charge in [-0.1, -0.05) is 11.3 Å². The molecule has 24 heavy (non-hydrogen) atoms. The van der Waals surface area contributed by atoms with Crippen LogP contribution in [0.15, 0.2) is 24.4 Å². The number of amides is 1. The van der Waals surface area contributed by atoms with E-state index in [1.54, 1.807) is 6.92 Å². The summed E-state index contributed by atoms with van der Waals surface area (Å²) in [6.07, 6.45) is 1.36. The predicted octanol–water partition coefficient (Wildman–Crippen LogP) is 0.511. The van der Waals surface area contributed by atoms with Crippen molar-refractivity contribution in [3.05, 3.63) is 47.0 Å². The molecule has 0 aliphatic carbocycles. The topological polar surface area (TPSA) is 103 Å². The summed E-state index contributed by atoms with van der Waals surface area (Å²) in [5.74, 6) is -2.88. The third-order valence-corrected chi connectivity index (χ3v) is 3.21. The monoisotopic (exact) mass is 334 g/mol. The Labute approximate surface area is 136 Å². The molecular formula is C15H15FN4O4. The Morgan fingerprint density at radius 3 is 2.79 bits per heavy atom. The lowest BCUT2D eigenvalue weighted by Gasteiger charge is -2.06. The summed E-state index contributed by atoms with van der Waals surface area (Å²) in [7, 11) is 1.22. The van der Waals surface area contributed by atoms with Crippen LogP contribution in [0.25, 0.3) is 0 Å². The fraction of sp³-hybridized carbons (Fsp3) is 0.267. The summed E-state index contributed by atoms with van der Waals surface area (Å²) < 4.78 is 19.0. The molecule has 1 aromatic heterocycles. The number of carbonyl (C=O) groups excluding carboxylic acids is 3. The minimum Gasteiger partial charge on any atom is -0.464 e. The van der Waals surface area contributed by atoms with Crippen LogP contribution in [0.4, 0.5) is 4.39 Å². The van der Waals surface area contributed by atoms with Crippen LogP contribution in [0, 0.1) is 12.7 Å². The number of hydrogen-bond donors (Lipinski definition) is 1. The number of aromatic nitrogens is 3. The number of esters is 1. The summed E-state index contributed by atoms with van der Waals surface area (Å²) in [4.78, 5) is 35.1. The molecule has 0 radical (unpaired) electrons. The lowest BCUT2D eigenvalue weighted by Crippen LogP contribution is -2.34. The zero-order valence-electron chi connectivity index (χ0n) is 13.1. The zero-order chi connectivity index (χ0) is 17.7. The Morgan fingerprint density at radius 2 is 2.08 bits per heavy atom. The third kappa shape index (κ3) is 4.00. The normalized spacial score (nSPS) is 10.3. The first-order chi connectivity index (χ1) is 11.4. The molecule has 9 heteroatoms. The van der Waals surface area contributed by atoms with E-state index in [1.165, 1.54) is 30.1 Å². The van der Waals surface area contributed by atoms with Crippen molar-refractivity contribution in [1.82, 2.24) is 20.3 Å². The van der Waals surface area contributed by atoms with Crippen molar-refractivity contribution < 1.29 is 23.5 Å². The van der Waals surface area contributed by atoms with Gasteiger partial charge >= 0.3 is 5.97 Å². The molecule has 0 saturated carbocycles. The minimum absolute atomic E-state index is 0.0150. The Kier molecular flexibility index (Phi) is 5.35. The third-order valence-electron chi connectivity index (χ3n) is 3.21. The average Bonchev–Trinajstić information content (AvgIpc) is 3.04. The molecule has 0 unspecified atom stereocenters. The molecule has 1 aromatic carbocycles. The van der Waals surface area contributed by atoms with Crippen LogP contribution in [-0.2, 0) is 16.1 Å². The number of nitrogens with one attached hydrogen (secondary N) is 1. The first-order valence-corrected chi connectivity index (χ1v) is 6.99. The van der Waals surface area contributed by atoms with E-state index in [0.717, 1.165) is 6.07 Å². The summed E-state index contributed by atoms with van der Waals surface area (Å²) >= 11 is 0. The number of carbonyl (C=O) groups is 3. The van der Waals surface area contributed by atoms with Gasteiger partial charge in [0, 0.05) is 12.1 Å². The number of ketones is 1. The maximum Gasteiger partial charge on any atom is 0.360 e. The van der Waals surface area contributed by atoms with E-state index >= 15 is 0 Å². The van der Waals surface area contributed by atoms with Crippen LogP contribution in [0.3, 0.4) is 0 Å². The van der Waals surface area contributed by atoms with Gasteiger partial charge in [0.1, 0.15) is 5.82 Å². The molecular weight excluding hydrogens is 319 g/mol. The van der Waals surface area contributed by atoms with Gasteiger partial charge in [-0.3, -0.25) is 9.59 Å². The van der Waals surface area contributed by atoms with Crippen molar-refractivity contribution >= 4 is 17.7 Å². The number of halogens is 1. The molecule has 0 atom stereocenters. The highest BCUT2D eigenvalue weighted by Crippen LogP contribution is 2.11. The highest BCUT2D eigenvalue weighted by molar-refractivity contribution is 6.43. The van der Waals surface area contributed by atoms with E-state index in [-0.39, 0.29) is 24.3 Å². The summed E-state index contributed by atoms with van der Waals surface area (Å²) in [5.41, 5.74) is 0.562. The highest BCUT2D eigenvalue weighted by atomic mass is 19.1. The van der Waals surface area contributed by atoms with Gasteiger partial charge in [0.15, 0.2) is 5.69 Å². The number of ether oxygens (including phenoxy) is 1. The smallest absolute Gasteiger partial charge is 0.360 e. The molecule has 1 amide bonds. The van der Waals surface area contributed by atoms with E-state index in [4.69, 9.17) is 0 Å². The molecule has 0 aliphatic heterocycles. The standard InChI is InChI=1S/C15H15FN4O4/c1-9-3-4-10(16)7-11(9)13(21)14(22)17-5-6-20-8-12(18-19-20)15(23)24-2/h3-4,7-8H,5-6H2,1-2H3,(H,17,22). The molecule has 0 spiro atoms. The Hall–Kier alpha value is -3.10. The second kappa shape index (κ2) is 7.44. The minimum atomic E-state index is -0.850. The number of aryl methyl sites for hydroxylation is 1. The maximum absolute atomic E-state index is 13.2. The van der Waals surface area contributed by atoms with Gasteiger partial charge in [0.2, 0.25) is 0 Å². The molecule has 1 heterocycles. The lowest BCUT2D eigenvalue weighted by atomic mass is 10.0. The molecule has 0 aliphatic rings.